The van der Waals surface area contributed by atoms with Crippen LogP contribution in [0, 0.1) is 11.6 Å². The fourth-order valence-corrected chi connectivity index (χ4v) is 12.3. The van der Waals surface area contributed by atoms with E-state index in [0.717, 1.165) is 97.5 Å². The minimum absolute atomic E-state index is 0.216. The number of sulfonamides is 2. The van der Waals surface area contributed by atoms with Gasteiger partial charge in [-0.2, -0.15) is 38.0 Å². The van der Waals surface area contributed by atoms with Gasteiger partial charge in [0.25, 0.3) is 0 Å². The van der Waals surface area contributed by atoms with Crippen LogP contribution in [0.3, 0.4) is 0 Å². The number of amides is 1. The smallest absolute Gasteiger partial charge is 0.424 e. The number of halogens is 2. The molecule has 2 unspecified atom stereocenters. The molecule has 3 N–H and O–H groups in total. The number of aldehydes is 1. The van der Waals surface area contributed by atoms with Gasteiger partial charge in [-0.1, -0.05) is 84.9 Å². The first-order chi connectivity index (χ1) is 33.2. The van der Waals surface area contributed by atoms with Crippen molar-refractivity contribution in [3.63, 3.8) is 0 Å². The van der Waals surface area contributed by atoms with Crippen LogP contribution in [-0.4, -0.2) is 77.3 Å². The van der Waals surface area contributed by atoms with E-state index in [1.807, 2.05) is 67.2 Å². The van der Waals surface area contributed by atoms with Gasteiger partial charge in [-0.05, 0) is 100 Å². The number of aromatic amines is 2. The molecule has 0 aliphatic carbocycles. The molecule has 0 saturated carbocycles. The van der Waals surface area contributed by atoms with Crippen molar-refractivity contribution < 1.29 is 39.9 Å². The Kier molecular flexibility index (Phi) is 18.4. The number of carbonyl (C=O) groups is 2. The molecule has 13 nitrogen and oxygen atoms in total. The summed E-state index contributed by atoms with van der Waals surface area (Å²) in [5.74, 6) is 3.61. The van der Waals surface area contributed by atoms with E-state index >= 15 is 0 Å². The van der Waals surface area contributed by atoms with Gasteiger partial charge >= 0.3 is 6.09 Å². The molecule has 6 aromatic rings. The predicted octanol–water partition coefficient (Wildman–Crippen LogP) is 10.7. The van der Waals surface area contributed by atoms with Gasteiger partial charge in [-0.3, -0.25) is 15.0 Å². The summed E-state index contributed by atoms with van der Waals surface area (Å²) < 4.78 is 83.6. The van der Waals surface area contributed by atoms with Crippen molar-refractivity contribution in [1.29, 1.82) is 0 Å². The van der Waals surface area contributed by atoms with Crippen LogP contribution in [-0.2, 0) is 49.1 Å². The molecular weight excluding hydrogens is 975 g/mol. The lowest BCUT2D eigenvalue weighted by Gasteiger charge is -2.30. The maximum atomic E-state index is 13.2. The van der Waals surface area contributed by atoms with Crippen LogP contribution in [0.5, 0.6) is 0 Å². The molecule has 2 aromatic heterocycles. The van der Waals surface area contributed by atoms with Gasteiger partial charge in [-0.15, -0.1) is 0 Å². The van der Waals surface area contributed by atoms with Gasteiger partial charge in [0.15, 0.2) is 6.29 Å². The minimum atomic E-state index is -3.73. The zero-order valence-electron chi connectivity index (χ0n) is 39.8. The molecule has 70 heavy (non-hydrogen) atoms. The van der Waals surface area contributed by atoms with Crippen LogP contribution < -0.4 is 4.72 Å². The van der Waals surface area contributed by atoms with Gasteiger partial charge in [0.05, 0.1) is 18.0 Å². The third kappa shape index (κ3) is 15.2. The average Bonchev–Trinajstić information content (AvgIpc) is 3.95. The number of nitrogens with one attached hydrogen (secondary N) is 3. The highest BCUT2D eigenvalue weighted by Crippen LogP contribution is 2.37. The first-order valence-corrected chi connectivity index (χ1v) is 28.2. The number of nitrogens with zero attached hydrogens (tertiary/aromatic N) is 3. The minimum Gasteiger partial charge on any atom is -0.443 e. The van der Waals surface area contributed by atoms with Gasteiger partial charge in [0, 0.05) is 68.8 Å². The fraction of sp³-hybridized carbons (Fsp3) is 0.333. The molecule has 4 heterocycles. The SMILES string of the molecule is C[C@@H](c1ccccc1)N(C(=O)OC(C)(C)C)S(C)(=O)=O.C[C@H](NS(=O)(=O)/C=C/c1n[nH]c2c1CSCC2Cc1ccc(F)cc1)c1ccccc1.O=Cc1n[nH]c2c1CSCC2Cc1ccc(F)cc1. The van der Waals surface area contributed by atoms with E-state index in [9.17, 15) is 35.2 Å². The van der Waals surface area contributed by atoms with Gasteiger partial charge in [-0.25, -0.2) is 35.1 Å². The van der Waals surface area contributed by atoms with Gasteiger partial charge < -0.3 is 4.74 Å². The molecule has 2 aliphatic rings. The van der Waals surface area contributed by atoms with Crippen molar-refractivity contribution in [2.24, 2.45) is 0 Å². The van der Waals surface area contributed by atoms with Crippen molar-refractivity contribution >= 4 is 62.0 Å². The topological polar surface area (TPSA) is 184 Å². The van der Waals surface area contributed by atoms with Crippen LogP contribution in [0.15, 0.2) is 115 Å². The van der Waals surface area contributed by atoms with Crippen molar-refractivity contribution in [1.82, 2.24) is 29.4 Å². The Labute approximate surface area is 417 Å². The molecule has 0 bridgehead atoms. The second kappa shape index (κ2) is 24.0. The zero-order valence-corrected chi connectivity index (χ0v) is 43.0. The van der Waals surface area contributed by atoms with Crippen molar-refractivity contribution in [3.05, 3.63) is 182 Å². The second-order valence-corrected chi connectivity index (χ2v) is 23.4. The highest BCUT2D eigenvalue weighted by atomic mass is 32.2. The summed E-state index contributed by atoms with van der Waals surface area (Å²) in [4.78, 5) is 23.1. The zero-order chi connectivity index (χ0) is 50.6. The van der Waals surface area contributed by atoms with E-state index in [4.69, 9.17) is 4.74 Å². The lowest BCUT2D eigenvalue weighted by molar-refractivity contribution is 0.0347. The molecule has 0 radical (unpaired) electrons. The van der Waals surface area contributed by atoms with Crippen molar-refractivity contribution in [2.45, 2.75) is 88.5 Å². The highest BCUT2D eigenvalue weighted by Gasteiger charge is 2.34. The summed E-state index contributed by atoms with van der Waals surface area (Å²) >= 11 is 3.60. The lowest BCUT2D eigenvalue weighted by Crippen LogP contribution is -2.41. The number of H-pyrrole nitrogens is 2. The molecule has 8 rings (SSSR count). The van der Waals surface area contributed by atoms with Gasteiger partial charge in [0.1, 0.15) is 22.9 Å². The molecule has 2 aliphatic heterocycles. The summed E-state index contributed by atoms with van der Waals surface area (Å²) in [6.07, 6.45) is 4.10. The molecule has 19 heteroatoms. The molecule has 0 spiro atoms. The third-order valence-corrected chi connectivity index (χ3v) is 15.9. The summed E-state index contributed by atoms with van der Waals surface area (Å²) in [7, 11) is -7.35. The molecular formula is C51H58F2N6O7S4. The number of hydrogen-bond donors (Lipinski definition) is 3. The molecule has 4 aromatic carbocycles. The van der Waals surface area contributed by atoms with Crippen LogP contribution >= 0.6 is 23.5 Å². The number of fused-ring (bicyclic) bond motifs is 2. The largest absolute Gasteiger partial charge is 0.443 e. The summed E-state index contributed by atoms with van der Waals surface area (Å²) in [5.41, 5.74) is 8.35. The molecule has 4 atom stereocenters. The van der Waals surface area contributed by atoms with E-state index in [1.54, 1.807) is 81.9 Å². The van der Waals surface area contributed by atoms with E-state index in [0.29, 0.717) is 17.3 Å². The van der Waals surface area contributed by atoms with Crippen LogP contribution in [0.25, 0.3) is 6.08 Å². The Balaban J connectivity index is 0.000000180. The maximum absolute atomic E-state index is 13.2. The lowest BCUT2D eigenvalue weighted by atomic mass is 9.94. The summed E-state index contributed by atoms with van der Waals surface area (Å²) in [6, 6.07) is 30.6. The number of ether oxygens (including phenoxy) is 1. The number of thioether (sulfide) groups is 2. The van der Waals surface area contributed by atoms with E-state index in [2.05, 4.69) is 25.1 Å². The first kappa shape index (κ1) is 53.7. The summed E-state index contributed by atoms with van der Waals surface area (Å²) in [6.45, 7) is 8.55. The number of rotatable bonds is 13. The Morgan fingerprint density at radius 1 is 0.757 bits per heavy atom. The van der Waals surface area contributed by atoms with Crippen LogP contribution in [0.4, 0.5) is 13.6 Å². The Morgan fingerprint density at radius 2 is 1.21 bits per heavy atom. The number of benzene rings is 4. The third-order valence-electron chi connectivity index (χ3n) is 11.3. The molecule has 0 saturated heterocycles. The average molecular weight is 1030 g/mol. The number of hydrogen-bond acceptors (Lipinski definition) is 11. The Hall–Kier alpha value is -5.60. The van der Waals surface area contributed by atoms with Gasteiger partial charge in [0.2, 0.25) is 20.0 Å². The van der Waals surface area contributed by atoms with E-state index in [1.165, 1.54) is 29.7 Å². The quantitative estimate of drug-likeness (QED) is 0.0936. The Bertz CT molecular complexity index is 2930. The normalized spacial score (nSPS) is 16.6. The van der Waals surface area contributed by atoms with Crippen molar-refractivity contribution in [2.75, 3.05) is 17.8 Å². The molecule has 0 fully saturated rings. The monoisotopic (exact) mass is 1030 g/mol. The molecule has 372 valence electrons. The van der Waals surface area contributed by atoms with E-state index < -0.39 is 37.8 Å². The van der Waals surface area contributed by atoms with Crippen LogP contribution in [0.2, 0.25) is 0 Å². The fourth-order valence-electron chi connectivity index (χ4n) is 7.91. The maximum Gasteiger partial charge on any atom is 0.424 e. The second-order valence-electron chi connectivity index (χ2n) is 17.9. The highest BCUT2D eigenvalue weighted by molar-refractivity contribution is 7.98. The van der Waals surface area contributed by atoms with Crippen LogP contribution in [0.1, 0.15) is 119 Å². The standard InChI is InChI=1S/C23H24FN3O2S2.C14H13FN2OS.C14H21NO4S/c1-16(18-5-3-2-4-6-18)27-31(28,29)12-11-22-21-15-30-14-19(23(21)26-25-22)13-17-7-9-20(24)10-8-17;15-11-3-1-9(2-4-11)5-10-7-19-8-12-13(6-18)16-17-14(10)12;1-11(12-9-7-6-8-10-12)15(20(5,17)18)13(16)19-14(2,3)4/h2-12,16,19,27H,13-15H2,1H3,(H,25,26);1-4,6,10H,5,7-8H2,(H,16,17);6-11H,1-5H3/b12-11+;;/t16-,19?;;11-/m0.0/s1. The number of carbonyl (C=O) groups excluding carboxylic acids is 2. The predicted molar refractivity (Wildman–Crippen MR) is 274 cm³/mol. The molecule has 1 amide bonds. The summed E-state index contributed by atoms with van der Waals surface area (Å²) in [5, 5.41) is 15.7. The first-order valence-electron chi connectivity index (χ1n) is 22.5. The van der Waals surface area contributed by atoms with Crippen molar-refractivity contribution in [3.8, 4) is 0 Å². The van der Waals surface area contributed by atoms with E-state index in [-0.39, 0.29) is 23.6 Å². The Morgan fingerprint density at radius 3 is 1.67 bits per heavy atom. The number of aromatic nitrogens is 4.